The van der Waals surface area contributed by atoms with Crippen molar-refractivity contribution in [2.45, 2.75) is 23.8 Å². The summed E-state index contributed by atoms with van der Waals surface area (Å²) in [6.45, 7) is 0.993. The molecule has 1 aromatic heterocycles. The first kappa shape index (κ1) is 22.8. The van der Waals surface area contributed by atoms with Crippen LogP contribution in [0.1, 0.15) is 18.5 Å². The van der Waals surface area contributed by atoms with Crippen molar-refractivity contribution in [1.82, 2.24) is 20.1 Å². The molecule has 2 saturated heterocycles. The van der Waals surface area contributed by atoms with Gasteiger partial charge in [-0.05, 0) is 12.8 Å². The van der Waals surface area contributed by atoms with E-state index in [-0.39, 0.29) is 23.0 Å². The van der Waals surface area contributed by atoms with Crippen molar-refractivity contribution >= 4 is 58.2 Å². The Morgan fingerprint density at radius 3 is 2.73 bits per heavy atom. The first-order chi connectivity index (χ1) is 15.8. The lowest BCUT2D eigenvalue weighted by Crippen LogP contribution is -2.82. The van der Waals surface area contributed by atoms with E-state index >= 15 is 0 Å². The van der Waals surface area contributed by atoms with Crippen LogP contribution in [0.25, 0.3) is 0 Å². The van der Waals surface area contributed by atoms with Gasteiger partial charge in [0.05, 0.1) is 5.70 Å². The molecule has 15 heteroatoms. The molecule has 1 unspecified atom stereocenters. The summed E-state index contributed by atoms with van der Waals surface area (Å²) in [6.07, 6.45) is 1.85. The standard InChI is InChI=1S/C18H20N6O7S2/c19-17-20-9(5-33-17)11(22-30)13(26)21-18(7-31-8-25)15(29)24-12(14(27)28)10(6-32-16(18)24)23-3-1-2-4-23/h5,8,16,30H,1-4,6-7H2,(H2,19,20)(H,21,26)(H,27,28)/b22-11-/t16-,18?/m0/s1. The lowest BCUT2D eigenvalue weighted by molar-refractivity contribution is -0.164. The monoisotopic (exact) mass is 496 g/mol. The van der Waals surface area contributed by atoms with Gasteiger partial charge in [-0.25, -0.2) is 9.78 Å². The number of nitrogens with two attached hydrogens (primary N) is 1. The molecule has 0 saturated carbocycles. The number of nitrogens with one attached hydrogen (secondary N) is 1. The lowest BCUT2D eigenvalue weighted by atomic mass is 9.86. The molecule has 5 N–H and O–H groups in total. The zero-order valence-electron chi connectivity index (χ0n) is 17.1. The summed E-state index contributed by atoms with van der Waals surface area (Å²) in [5.74, 6) is -2.68. The smallest absolute Gasteiger partial charge is 0.354 e. The highest BCUT2D eigenvalue weighted by Gasteiger charge is 2.66. The van der Waals surface area contributed by atoms with Crippen LogP contribution in [0.3, 0.4) is 0 Å². The van der Waals surface area contributed by atoms with Crippen LogP contribution in [0.2, 0.25) is 0 Å². The van der Waals surface area contributed by atoms with E-state index in [1.165, 1.54) is 17.1 Å². The molecule has 2 atom stereocenters. The number of anilines is 1. The van der Waals surface area contributed by atoms with Gasteiger partial charge in [0.1, 0.15) is 17.7 Å². The van der Waals surface area contributed by atoms with Crippen LogP contribution in [0.4, 0.5) is 5.13 Å². The predicted molar refractivity (Wildman–Crippen MR) is 116 cm³/mol. The first-order valence-electron chi connectivity index (χ1n) is 9.82. The van der Waals surface area contributed by atoms with Gasteiger partial charge < -0.3 is 31.0 Å². The van der Waals surface area contributed by atoms with Gasteiger partial charge in [-0.2, -0.15) is 0 Å². The summed E-state index contributed by atoms with van der Waals surface area (Å²) in [4.78, 5) is 56.2. The molecule has 0 spiro atoms. The molecule has 0 aromatic carbocycles. The van der Waals surface area contributed by atoms with Crippen LogP contribution >= 0.6 is 23.1 Å². The fraction of sp³-hybridized carbons (Fsp3) is 0.444. The minimum atomic E-state index is -1.75. The summed E-state index contributed by atoms with van der Waals surface area (Å²) in [7, 11) is 0. The zero-order chi connectivity index (χ0) is 23.8. The maximum atomic E-state index is 13.3. The molecule has 4 rings (SSSR count). The Bertz CT molecular complexity index is 1070. The number of thioether (sulfide) groups is 1. The van der Waals surface area contributed by atoms with E-state index in [0.29, 0.717) is 24.5 Å². The Hall–Kier alpha value is -3.33. The number of carboxylic acid groups (broad SMARTS) is 1. The highest BCUT2D eigenvalue weighted by atomic mass is 32.2. The van der Waals surface area contributed by atoms with Gasteiger partial charge in [0.2, 0.25) is 0 Å². The van der Waals surface area contributed by atoms with Crippen molar-refractivity contribution < 1.29 is 34.2 Å². The van der Waals surface area contributed by atoms with Crippen molar-refractivity contribution in [1.29, 1.82) is 0 Å². The number of nitrogens with zero attached hydrogens (tertiary/aromatic N) is 4. The predicted octanol–water partition coefficient (Wildman–Crippen LogP) is -0.761. The third-order valence-corrected chi connectivity index (χ3v) is 7.68. The number of hydrogen-bond acceptors (Lipinski definition) is 12. The number of likely N-dealkylation sites (tertiary alicyclic amines) is 1. The third-order valence-electron chi connectivity index (χ3n) is 5.63. The van der Waals surface area contributed by atoms with Crippen LogP contribution in [0.5, 0.6) is 0 Å². The van der Waals surface area contributed by atoms with E-state index in [1.807, 2.05) is 4.90 Å². The summed E-state index contributed by atoms with van der Waals surface area (Å²) in [5, 5.41) is 25.4. The number of ether oxygens (including phenoxy) is 1. The fourth-order valence-electron chi connectivity index (χ4n) is 4.16. The quantitative estimate of drug-likeness (QED) is 0.116. The van der Waals surface area contributed by atoms with Crippen molar-refractivity contribution in [3.05, 3.63) is 22.5 Å². The van der Waals surface area contributed by atoms with E-state index in [4.69, 9.17) is 10.5 Å². The molecule has 0 radical (unpaired) electrons. The number of carbonyl (C=O) groups excluding carboxylic acids is 3. The molecule has 176 valence electrons. The van der Waals surface area contributed by atoms with Crippen molar-refractivity contribution in [3.8, 4) is 0 Å². The molecule has 0 aliphatic carbocycles. The summed E-state index contributed by atoms with van der Waals surface area (Å²) < 4.78 is 4.84. The van der Waals surface area contributed by atoms with Gasteiger partial charge >= 0.3 is 5.97 Å². The maximum absolute atomic E-state index is 13.3. The molecule has 1 aromatic rings. The summed E-state index contributed by atoms with van der Waals surface area (Å²) in [5.41, 5.74) is 3.71. The third kappa shape index (κ3) is 3.76. The van der Waals surface area contributed by atoms with Gasteiger partial charge in [-0.3, -0.25) is 19.3 Å². The minimum Gasteiger partial charge on any atom is -0.477 e. The van der Waals surface area contributed by atoms with E-state index in [9.17, 15) is 29.5 Å². The average molecular weight is 497 g/mol. The average Bonchev–Trinajstić information content (AvgIpc) is 3.48. The van der Waals surface area contributed by atoms with Gasteiger partial charge in [-0.1, -0.05) is 5.16 Å². The fourth-order valence-corrected chi connectivity index (χ4v) is 6.20. The van der Waals surface area contributed by atoms with Crippen molar-refractivity contribution in [2.24, 2.45) is 5.16 Å². The van der Waals surface area contributed by atoms with Gasteiger partial charge in [0.15, 0.2) is 22.1 Å². The second-order valence-corrected chi connectivity index (χ2v) is 9.44. The van der Waals surface area contributed by atoms with Crippen LogP contribution in [-0.4, -0.2) is 91.4 Å². The molecular formula is C18H20N6O7S2. The molecule has 0 bridgehead atoms. The normalized spacial score (nSPS) is 24.9. The maximum Gasteiger partial charge on any atom is 0.354 e. The number of nitrogen functional groups attached to an aromatic ring is 1. The van der Waals surface area contributed by atoms with Crippen LogP contribution < -0.4 is 11.1 Å². The summed E-state index contributed by atoms with van der Waals surface area (Å²) in [6, 6.07) is 0. The van der Waals surface area contributed by atoms with Crippen LogP contribution in [-0.2, 0) is 23.9 Å². The molecule has 3 aliphatic heterocycles. The van der Waals surface area contributed by atoms with Crippen LogP contribution in [0.15, 0.2) is 21.9 Å². The molecule has 33 heavy (non-hydrogen) atoms. The number of amides is 2. The molecule has 2 fully saturated rings. The number of carbonyl (C=O) groups is 4. The molecule has 3 aliphatic rings. The number of hydrogen-bond donors (Lipinski definition) is 4. The lowest BCUT2D eigenvalue weighted by Gasteiger charge is -2.56. The number of fused-ring (bicyclic) bond motifs is 1. The Kier molecular flexibility index (Phi) is 6.16. The largest absolute Gasteiger partial charge is 0.477 e. The Morgan fingerprint density at radius 1 is 1.42 bits per heavy atom. The van der Waals surface area contributed by atoms with E-state index in [1.54, 1.807) is 0 Å². The zero-order valence-corrected chi connectivity index (χ0v) is 18.7. The number of aliphatic carboxylic acids is 1. The highest BCUT2D eigenvalue weighted by molar-refractivity contribution is 8.00. The molecule has 2 amide bonds. The number of oxime groups is 1. The van der Waals surface area contributed by atoms with E-state index in [2.05, 4.69) is 15.5 Å². The highest BCUT2D eigenvalue weighted by Crippen LogP contribution is 2.47. The van der Waals surface area contributed by atoms with E-state index in [0.717, 1.165) is 29.1 Å². The summed E-state index contributed by atoms with van der Waals surface area (Å²) >= 11 is 2.27. The first-order valence-corrected chi connectivity index (χ1v) is 11.7. The number of β-lactam (4-membered cyclic amide) rings is 1. The molecule has 13 nitrogen and oxygen atoms in total. The SMILES string of the molecule is Nc1nc(/C(=N/O)C(=O)NC2(COC=O)C(=O)N3C(C(=O)O)=C(N4CCCC4)CS[C@H]32)cs1. The van der Waals surface area contributed by atoms with Gasteiger partial charge in [0.25, 0.3) is 18.3 Å². The van der Waals surface area contributed by atoms with Crippen LogP contribution in [0, 0.1) is 0 Å². The Labute approximate surface area is 195 Å². The number of aromatic nitrogens is 1. The minimum absolute atomic E-state index is 0.00804. The van der Waals surface area contributed by atoms with Gasteiger partial charge in [0, 0.05) is 24.2 Å². The number of rotatable bonds is 8. The van der Waals surface area contributed by atoms with E-state index < -0.39 is 41.0 Å². The Morgan fingerprint density at radius 2 is 2.15 bits per heavy atom. The Balaban J connectivity index is 1.66. The van der Waals surface area contributed by atoms with Crippen molar-refractivity contribution in [2.75, 3.05) is 31.2 Å². The molecular weight excluding hydrogens is 476 g/mol. The second kappa shape index (κ2) is 8.90. The van der Waals surface area contributed by atoms with Gasteiger partial charge in [-0.15, -0.1) is 23.1 Å². The second-order valence-electron chi connectivity index (χ2n) is 7.49. The molecule has 4 heterocycles. The number of carboxylic acids is 1. The topological polar surface area (TPSA) is 188 Å². The van der Waals surface area contributed by atoms with Crippen molar-refractivity contribution in [3.63, 3.8) is 0 Å². The number of thiazole rings is 1.